The zero-order chi connectivity index (χ0) is 16.1. The van der Waals surface area contributed by atoms with Crippen molar-refractivity contribution in [2.75, 3.05) is 19.4 Å². The van der Waals surface area contributed by atoms with E-state index in [1.165, 1.54) is 13.1 Å². The van der Waals surface area contributed by atoms with E-state index in [-0.39, 0.29) is 6.61 Å². The molecule has 0 saturated heterocycles. The zero-order valence-electron chi connectivity index (χ0n) is 12.0. The van der Waals surface area contributed by atoms with Crippen molar-refractivity contribution in [1.82, 2.24) is 0 Å². The van der Waals surface area contributed by atoms with Gasteiger partial charge < -0.3 is 16.2 Å². The highest BCUT2D eigenvalue weighted by molar-refractivity contribution is 6.02. The van der Waals surface area contributed by atoms with Crippen LogP contribution in [0.3, 0.4) is 0 Å². The number of hydrogen-bond acceptors (Lipinski definition) is 4. The number of nitrogen functional groups attached to an aromatic ring is 1. The molecule has 22 heavy (non-hydrogen) atoms. The number of nitrogens with zero attached hydrogens (tertiary/aromatic N) is 1. The first kappa shape index (κ1) is 15.5. The molecular weight excluding hydrogens is 285 g/mol. The molecule has 0 radical (unpaired) electrons. The summed E-state index contributed by atoms with van der Waals surface area (Å²) in [7, 11) is 1.53. The highest BCUT2D eigenvalue weighted by atomic mass is 19.1. The van der Waals surface area contributed by atoms with Crippen LogP contribution in [0.15, 0.2) is 47.5 Å². The SMILES string of the molecule is C/N=C(\COC(N)=O)c1ccc(-c2cccc(N)c2)c(F)c1. The van der Waals surface area contributed by atoms with Crippen molar-refractivity contribution in [2.24, 2.45) is 10.7 Å². The Hall–Kier alpha value is -2.89. The summed E-state index contributed by atoms with van der Waals surface area (Å²) in [6.07, 6.45) is -0.905. The smallest absolute Gasteiger partial charge is 0.404 e. The van der Waals surface area contributed by atoms with Gasteiger partial charge in [0.05, 0.1) is 5.71 Å². The number of hydrogen-bond donors (Lipinski definition) is 2. The van der Waals surface area contributed by atoms with Gasteiger partial charge in [0.1, 0.15) is 12.4 Å². The lowest BCUT2D eigenvalue weighted by atomic mass is 10.0. The van der Waals surface area contributed by atoms with Crippen LogP contribution in [0.1, 0.15) is 5.56 Å². The molecular formula is C16H16FN3O2. The summed E-state index contributed by atoms with van der Waals surface area (Å²) in [5.74, 6) is -0.414. The fourth-order valence-electron chi connectivity index (χ4n) is 2.05. The number of halogens is 1. The van der Waals surface area contributed by atoms with Crippen molar-refractivity contribution in [3.05, 3.63) is 53.8 Å². The van der Waals surface area contributed by atoms with E-state index in [0.29, 0.717) is 28.1 Å². The molecule has 4 N–H and O–H groups in total. The van der Waals surface area contributed by atoms with Gasteiger partial charge in [0, 0.05) is 23.9 Å². The molecule has 0 aromatic heterocycles. The van der Waals surface area contributed by atoms with Crippen molar-refractivity contribution < 1.29 is 13.9 Å². The van der Waals surface area contributed by atoms with Crippen molar-refractivity contribution in [3.8, 4) is 11.1 Å². The van der Waals surface area contributed by atoms with Crippen molar-refractivity contribution in [2.45, 2.75) is 0 Å². The highest BCUT2D eigenvalue weighted by Crippen LogP contribution is 2.25. The van der Waals surface area contributed by atoms with Crippen LogP contribution in [-0.4, -0.2) is 25.5 Å². The lowest BCUT2D eigenvalue weighted by Crippen LogP contribution is -2.19. The minimum atomic E-state index is -0.905. The van der Waals surface area contributed by atoms with E-state index in [1.807, 2.05) is 0 Å². The number of amides is 1. The summed E-state index contributed by atoms with van der Waals surface area (Å²) in [5, 5.41) is 0. The largest absolute Gasteiger partial charge is 0.443 e. The van der Waals surface area contributed by atoms with Crippen molar-refractivity contribution in [3.63, 3.8) is 0 Å². The first-order chi connectivity index (χ1) is 10.5. The Bertz CT molecular complexity index is 729. The molecule has 114 valence electrons. The van der Waals surface area contributed by atoms with Crippen molar-refractivity contribution >= 4 is 17.5 Å². The number of rotatable bonds is 4. The summed E-state index contributed by atoms with van der Waals surface area (Å²) in [6.45, 7) is -0.108. The number of anilines is 1. The molecule has 0 saturated carbocycles. The summed E-state index contributed by atoms with van der Waals surface area (Å²) in [6, 6.07) is 11.6. The molecule has 0 aliphatic rings. The average Bonchev–Trinajstić information content (AvgIpc) is 2.47. The number of aliphatic imine (C=N–C) groups is 1. The number of carbonyl (C=O) groups excluding carboxylic acids is 1. The Labute approximate surface area is 127 Å². The second-order valence-electron chi connectivity index (χ2n) is 4.60. The topological polar surface area (TPSA) is 90.7 Å². The molecule has 0 bridgehead atoms. The van der Waals surface area contributed by atoms with Gasteiger partial charge in [-0.25, -0.2) is 9.18 Å². The first-order valence-corrected chi connectivity index (χ1v) is 6.55. The lowest BCUT2D eigenvalue weighted by Gasteiger charge is -2.09. The van der Waals surface area contributed by atoms with Gasteiger partial charge in [-0.3, -0.25) is 4.99 Å². The summed E-state index contributed by atoms with van der Waals surface area (Å²) < 4.78 is 19.0. The summed E-state index contributed by atoms with van der Waals surface area (Å²) >= 11 is 0. The second-order valence-corrected chi connectivity index (χ2v) is 4.60. The molecule has 0 unspecified atom stereocenters. The van der Waals surface area contributed by atoms with E-state index in [9.17, 15) is 9.18 Å². The number of carbonyl (C=O) groups is 1. The third-order valence-corrected chi connectivity index (χ3v) is 3.12. The van der Waals surface area contributed by atoms with Crippen LogP contribution in [0.2, 0.25) is 0 Å². The van der Waals surface area contributed by atoms with Gasteiger partial charge in [0.15, 0.2) is 0 Å². The minimum Gasteiger partial charge on any atom is -0.443 e. The minimum absolute atomic E-state index is 0.108. The third-order valence-electron chi connectivity index (χ3n) is 3.12. The second kappa shape index (κ2) is 6.71. The Kier molecular flexibility index (Phi) is 4.73. The molecule has 0 fully saturated rings. The van der Waals surface area contributed by atoms with E-state index >= 15 is 0 Å². The molecule has 0 aliphatic carbocycles. The predicted molar refractivity (Wildman–Crippen MR) is 84.2 cm³/mol. The van der Waals surface area contributed by atoms with E-state index in [4.69, 9.17) is 11.5 Å². The Balaban J connectivity index is 2.31. The van der Waals surface area contributed by atoms with Gasteiger partial charge in [-0.1, -0.05) is 24.3 Å². The maximum Gasteiger partial charge on any atom is 0.404 e. The molecule has 6 heteroatoms. The monoisotopic (exact) mass is 301 g/mol. The number of benzene rings is 2. The van der Waals surface area contributed by atoms with Crippen LogP contribution in [0.25, 0.3) is 11.1 Å². The number of primary amides is 1. The van der Waals surface area contributed by atoms with Gasteiger partial charge in [0.2, 0.25) is 0 Å². The molecule has 0 heterocycles. The maximum absolute atomic E-state index is 14.3. The van der Waals surface area contributed by atoms with Crippen LogP contribution in [0.5, 0.6) is 0 Å². The summed E-state index contributed by atoms with van der Waals surface area (Å²) in [4.78, 5) is 14.6. The lowest BCUT2D eigenvalue weighted by molar-refractivity contribution is 0.173. The fourth-order valence-corrected chi connectivity index (χ4v) is 2.05. The molecule has 2 aromatic rings. The van der Waals surface area contributed by atoms with E-state index < -0.39 is 11.9 Å². The Morgan fingerprint density at radius 1 is 1.27 bits per heavy atom. The predicted octanol–water partition coefficient (Wildman–Crippen LogP) is 2.59. The average molecular weight is 301 g/mol. The van der Waals surface area contributed by atoms with Crippen LogP contribution in [0.4, 0.5) is 14.9 Å². The quantitative estimate of drug-likeness (QED) is 0.671. The van der Waals surface area contributed by atoms with Gasteiger partial charge in [0.25, 0.3) is 0 Å². The molecule has 2 rings (SSSR count). The van der Waals surface area contributed by atoms with Gasteiger partial charge in [-0.2, -0.15) is 0 Å². The molecule has 0 aliphatic heterocycles. The first-order valence-electron chi connectivity index (χ1n) is 6.55. The summed E-state index contributed by atoms with van der Waals surface area (Å²) in [5.41, 5.74) is 13.3. The zero-order valence-corrected chi connectivity index (χ0v) is 12.0. The maximum atomic E-state index is 14.3. The van der Waals surface area contributed by atoms with Gasteiger partial charge >= 0.3 is 6.09 Å². The van der Waals surface area contributed by atoms with Crippen molar-refractivity contribution in [1.29, 1.82) is 0 Å². The van der Waals surface area contributed by atoms with E-state index in [2.05, 4.69) is 9.73 Å². The van der Waals surface area contributed by atoms with Crippen LogP contribution in [0, 0.1) is 5.82 Å². The normalized spacial score (nSPS) is 11.3. The molecule has 2 aromatic carbocycles. The number of nitrogens with two attached hydrogens (primary N) is 2. The van der Waals surface area contributed by atoms with E-state index in [0.717, 1.165) is 0 Å². The van der Waals surface area contributed by atoms with E-state index in [1.54, 1.807) is 36.4 Å². The molecule has 0 atom stereocenters. The Morgan fingerprint density at radius 2 is 2.05 bits per heavy atom. The van der Waals surface area contributed by atoms with Crippen LogP contribution < -0.4 is 11.5 Å². The number of ether oxygens (including phenoxy) is 1. The standard InChI is InChI=1S/C16H16FN3O2/c1-20-15(9-22-16(19)21)11-5-6-13(14(17)8-11)10-3-2-4-12(18)7-10/h2-8H,9,18H2,1H3,(H2,19,21)/b20-15+. The van der Waals surface area contributed by atoms with Crippen LogP contribution in [-0.2, 0) is 4.74 Å². The third kappa shape index (κ3) is 3.60. The Morgan fingerprint density at radius 3 is 2.64 bits per heavy atom. The molecule has 1 amide bonds. The molecule has 0 spiro atoms. The highest BCUT2D eigenvalue weighted by Gasteiger charge is 2.11. The van der Waals surface area contributed by atoms with Gasteiger partial charge in [-0.05, 0) is 23.8 Å². The fraction of sp³-hybridized carbons (Fsp3) is 0.125. The van der Waals surface area contributed by atoms with Crippen LogP contribution >= 0.6 is 0 Å². The molecule has 5 nitrogen and oxygen atoms in total. The van der Waals surface area contributed by atoms with Gasteiger partial charge in [-0.15, -0.1) is 0 Å².